The van der Waals surface area contributed by atoms with Crippen molar-refractivity contribution in [2.75, 3.05) is 13.7 Å². The van der Waals surface area contributed by atoms with Crippen LogP contribution in [-0.4, -0.2) is 40.5 Å². The number of aromatic nitrogens is 3. The topological polar surface area (TPSA) is 86.1 Å². The lowest BCUT2D eigenvalue weighted by Crippen LogP contribution is -2.24. The molecule has 1 N–H and O–H groups in total. The van der Waals surface area contributed by atoms with Gasteiger partial charge in [-0.05, 0) is 56.2 Å². The Balaban J connectivity index is 1.49. The van der Waals surface area contributed by atoms with Crippen LogP contribution >= 0.6 is 0 Å². The van der Waals surface area contributed by atoms with Gasteiger partial charge in [-0.1, -0.05) is 22.9 Å². The van der Waals surface area contributed by atoms with Crippen LogP contribution in [-0.2, 0) is 11.2 Å². The van der Waals surface area contributed by atoms with Crippen LogP contribution in [0.5, 0.6) is 0 Å². The van der Waals surface area contributed by atoms with Crippen molar-refractivity contribution < 1.29 is 14.3 Å². The summed E-state index contributed by atoms with van der Waals surface area (Å²) in [6.07, 6.45) is 3.31. The molecule has 0 radical (unpaired) electrons. The van der Waals surface area contributed by atoms with Crippen molar-refractivity contribution in [3.63, 3.8) is 0 Å². The lowest BCUT2D eigenvalue weighted by molar-refractivity contribution is 0.0600. The first-order chi connectivity index (χ1) is 13.6. The third kappa shape index (κ3) is 4.82. The maximum absolute atomic E-state index is 12.1. The van der Waals surface area contributed by atoms with E-state index in [0.717, 1.165) is 23.4 Å². The van der Waals surface area contributed by atoms with Gasteiger partial charge >= 0.3 is 5.97 Å². The summed E-state index contributed by atoms with van der Waals surface area (Å²) in [4.78, 5) is 23.6. The summed E-state index contributed by atoms with van der Waals surface area (Å²) in [6, 6.07) is 14.4. The largest absolute Gasteiger partial charge is 0.465 e. The molecule has 0 aliphatic carbocycles. The molecule has 7 heteroatoms. The van der Waals surface area contributed by atoms with Crippen LogP contribution in [0.2, 0.25) is 0 Å². The van der Waals surface area contributed by atoms with Crippen molar-refractivity contribution in [3.8, 4) is 5.69 Å². The van der Waals surface area contributed by atoms with Gasteiger partial charge in [0, 0.05) is 12.1 Å². The zero-order valence-electron chi connectivity index (χ0n) is 15.9. The van der Waals surface area contributed by atoms with Gasteiger partial charge in [-0.15, -0.1) is 5.10 Å². The maximum Gasteiger partial charge on any atom is 0.337 e. The van der Waals surface area contributed by atoms with E-state index in [0.29, 0.717) is 24.1 Å². The van der Waals surface area contributed by atoms with Crippen molar-refractivity contribution in [1.29, 1.82) is 0 Å². The molecule has 0 unspecified atom stereocenters. The number of nitrogens with one attached hydrogen (secondary N) is 1. The van der Waals surface area contributed by atoms with E-state index in [9.17, 15) is 9.59 Å². The Kier molecular flexibility index (Phi) is 6.16. The molecule has 0 bridgehead atoms. The first kappa shape index (κ1) is 19.3. The van der Waals surface area contributed by atoms with Crippen molar-refractivity contribution in [2.45, 2.75) is 19.8 Å². The van der Waals surface area contributed by atoms with Gasteiger partial charge in [-0.2, -0.15) is 0 Å². The van der Waals surface area contributed by atoms with E-state index in [2.05, 4.69) is 20.4 Å². The Bertz CT molecular complexity index is 947. The third-order valence-corrected chi connectivity index (χ3v) is 4.30. The monoisotopic (exact) mass is 378 g/mol. The molecule has 2 aromatic carbocycles. The van der Waals surface area contributed by atoms with Crippen molar-refractivity contribution in [1.82, 2.24) is 20.3 Å². The molecule has 0 aliphatic rings. The number of hydrogen-bond donors (Lipinski definition) is 1. The van der Waals surface area contributed by atoms with E-state index in [1.54, 1.807) is 28.9 Å². The standard InChI is InChI=1S/C21H22N4O3/c1-15-5-7-16(8-6-15)20(26)22-13-3-4-18-14-25(24-23-18)19-11-9-17(10-12-19)21(27)28-2/h5-12,14H,3-4,13H2,1-2H3,(H,22,26). The molecular formula is C21H22N4O3. The summed E-state index contributed by atoms with van der Waals surface area (Å²) in [5, 5.41) is 11.2. The Morgan fingerprint density at radius 3 is 2.39 bits per heavy atom. The van der Waals surface area contributed by atoms with E-state index in [1.165, 1.54) is 7.11 Å². The van der Waals surface area contributed by atoms with Crippen LogP contribution in [0.15, 0.2) is 54.7 Å². The van der Waals surface area contributed by atoms with Gasteiger partial charge in [0.25, 0.3) is 5.91 Å². The second-order valence-electron chi connectivity index (χ2n) is 6.42. The van der Waals surface area contributed by atoms with E-state index in [1.807, 2.05) is 37.4 Å². The summed E-state index contributed by atoms with van der Waals surface area (Å²) in [5.74, 6) is -0.451. The summed E-state index contributed by atoms with van der Waals surface area (Å²) in [7, 11) is 1.35. The molecule has 7 nitrogen and oxygen atoms in total. The molecule has 144 valence electrons. The number of ether oxygens (including phenoxy) is 1. The lowest BCUT2D eigenvalue weighted by atomic mass is 10.1. The van der Waals surface area contributed by atoms with Gasteiger partial charge in [0.05, 0.1) is 30.3 Å². The highest BCUT2D eigenvalue weighted by Crippen LogP contribution is 2.11. The van der Waals surface area contributed by atoms with E-state index in [-0.39, 0.29) is 11.9 Å². The number of esters is 1. The van der Waals surface area contributed by atoms with E-state index >= 15 is 0 Å². The van der Waals surface area contributed by atoms with Crippen molar-refractivity contribution in [2.24, 2.45) is 0 Å². The van der Waals surface area contributed by atoms with Gasteiger partial charge in [0.1, 0.15) is 0 Å². The molecule has 0 atom stereocenters. The van der Waals surface area contributed by atoms with Crippen LogP contribution in [0.3, 0.4) is 0 Å². The first-order valence-corrected chi connectivity index (χ1v) is 9.01. The summed E-state index contributed by atoms with van der Waals surface area (Å²) in [6.45, 7) is 2.55. The number of nitrogens with zero attached hydrogens (tertiary/aromatic N) is 3. The van der Waals surface area contributed by atoms with E-state index < -0.39 is 0 Å². The minimum atomic E-state index is -0.376. The zero-order valence-corrected chi connectivity index (χ0v) is 15.9. The van der Waals surface area contributed by atoms with Crippen LogP contribution in [0, 0.1) is 6.92 Å². The minimum absolute atomic E-state index is 0.0747. The minimum Gasteiger partial charge on any atom is -0.465 e. The highest BCUT2D eigenvalue weighted by atomic mass is 16.5. The molecule has 1 aromatic heterocycles. The van der Waals surface area contributed by atoms with Gasteiger partial charge in [0.15, 0.2) is 0 Å². The Morgan fingerprint density at radius 1 is 1.04 bits per heavy atom. The molecule has 3 aromatic rings. The lowest BCUT2D eigenvalue weighted by Gasteiger charge is -2.04. The average Bonchev–Trinajstić information content (AvgIpc) is 3.20. The maximum atomic E-state index is 12.1. The van der Waals surface area contributed by atoms with Crippen LogP contribution in [0.1, 0.15) is 38.4 Å². The predicted octanol–water partition coefficient (Wildman–Crippen LogP) is 2.72. The Morgan fingerprint density at radius 2 is 1.71 bits per heavy atom. The van der Waals surface area contributed by atoms with Crippen LogP contribution in [0.4, 0.5) is 0 Å². The Hall–Kier alpha value is -3.48. The number of amides is 1. The molecule has 0 spiro atoms. The van der Waals surface area contributed by atoms with Crippen molar-refractivity contribution >= 4 is 11.9 Å². The second-order valence-corrected chi connectivity index (χ2v) is 6.42. The van der Waals surface area contributed by atoms with Crippen molar-refractivity contribution in [3.05, 3.63) is 77.1 Å². The summed E-state index contributed by atoms with van der Waals surface area (Å²) >= 11 is 0. The molecule has 1 amide bonds. The van der Waals surface area contributed by atoms with E-state index in [4.69, 9.17) is 0 Å². The van der Waals surface area contributed by atoms with Gasteiger partial charge < -0.3 is 10.1 Å². The number of benzene rings is 2. The molecule has 0 aliphatic heterocycles. The SMILES string of the molecule is COC(=O)c1ccc(-n2cc(CCCNC(=O)c3ccc(C)cc3)nn2)cc1. The molecule has 0 saturated heterocycles. The highest BCUT2D eigenvalue weighted by molar-refractivity contribution is 5.94. The number of methoxy groups -OCH3 is 1. The van der Waals surface area contributed by atoms with Crippen LogP contribution < -0.4 is 5.32 Å². The second kappa shape index (κ2) is 8.94. The fourth-order valence-electron chi connectivity index (χ4n) is 2.69. The molecular weight excluding hydrogens is 356 g/mol. The number of rotatable bonds is 7. The molecule has 0 saturated carbocycles. The number of aryl methyl sites for hydroxylation is 2. The molecule has 0 fully saturated rings. The van der Waals surface area contributed by atoms with Gasteiger partial charge in [0.2, 0.25) is 0 Å². The number of carbonyl (C=O) groups is 2. The molecule has 1 heterocycles. The van der Waals surface area contributed by atoms with Gasteiger partial charge in [-0.25, -0.2) is 9.48 Å². The normalized spacial score (nSPS) is 10.5. The van der Waals surface area contributed by atoms with Gasteiger partial charge in [-0.3, -0.25) is 4.79 Å². The zero-order chi connectivity index (χ0) is 19.9. The number of carbonyl (C=O) groups excluding carboxylic acids is 2. The summed E-state index contributed by atoms with van der Waals surface area (Å²) in [5.41, 5.74) is 3.91. The average molecular weight is 378 g/mol. The molecule has 3 rings (SSSR count). The quantitative estimate of drug-likeness (QED) is 0.505. The highest BCUT2D eigenvalue weighted by Gasteiger charge is 2.08. The summed E-state index contributed by atoms with van der Waals surface area (Å²) < 4.78 is 6.34. The fraction of sp³-hybridized carbons (Fsp3) is 0.238. The fourth-order valence-corrected chi connectivity index (χ4v) is 2.69. The third-order valence-electron chi connectivity index (χ3n) is 4.30. The molecule has 28 heavy (non-hydrogen) atoms. The number of hydrogen-bond acceptors (Lipinski definition) is 5. The Labute approximate surface area is 163 Å². The van der Waals surface area contributed by atoms with Crippen LogP contribution in [0.25, 0.3) is 5.69 Å². The smallest absolute Gasteiger partial charge is 0.337 e. The predicted molar refractivity (Wildman–Crippen MR) is 105 cm³/mol. The first-order valence-electron chi connectivity index (χ1n) is 9.01.